The van der Waals surface area contributed by atoms with Gasteiger partial charge < -0.3 is 19.9 Å². The summed E-state index contributed by atoms with van der Waals surface area (Å²) in [4.78, 5) is 25.1. The van der Waals surface area contributed by atoms with Crippen molar-refractivity contribution in [3.8, 4) is 0 Å². The van der Waals surface area contributed by atoms with Crippen LogP contribution in [0.5, 0.6) is 0 Å². The van der Waals surface area contributed by atoms with Gasteiger partial charge in [-0.25, -0.2) is 23.1 Å². The number of hydrogen-bond donors (Lipinski definition) is 1. The molecule has 0 aliphatic carbocycles. The number of carbonyl (C=O) groups is 1. The third-order valence-corrected chi connectivity index (χ3v) is 5.89. The monoisotopic (exact) mass is 469 g/mol. The Kier molecular flexibility index (Phi) is 6.55. The summed E-state index contributed by atoms with van der Waals surface area (Å²) < 4.78 is 46.4. The van der Waals surface area contributed by atoms with Gasteiger partial charge in [0.2, 0.25) is 5.28 Å². The topological polar surface area (TPSA) is 70.6 Å². The molecule has 1 unspecified atom stereocenters. The van der Waals surface area contributed by atoms with Crippen molar-refractivity contribution in [3.63, 3.8) is 0 Å². The average Bonchev–Trinajstić information content (AvgIpc) is 3.17. The fourth-order valence-corrected chi connectivity index (χ4v) is 4.17. The molecule has 1 aromatic heterocycles. The largest absolute Gasteiger partial charge is 0.366 e. The van der Waals surface area contributed by atoms with E-state index in [1.165, 1.54) is 12.1 Å². The number of amides is 1. The van der Waals surface area contributed by atoms with Gasteiger partial charge in [0.05, 0.1) is 37.0 Å². The first-order valence-corrected chi connectivity index (χ1v) is 10.6. The van der Waals surface area contributed by atoms with Crippen LogP contribution in [0.2, 0.25) is 5.28 Å². The van der Waals surface area contributed by atoms with E-state index < -0.39 is 30.0 Å². The molecule has 0 saturated carbocycles. The lowest BCUT2D eigenvalue weighted by Gasteiger charge is -2.31. The zero-order valence-electron chi connectivity index (χ0n) is 17.6. The van der Waals surface area contributed by atoms with Crippen molar-refractivity contribution in [3.05, 3.63) is 51.7 Å². The van der Waals surface area contributed by atoms with Gasteiger partial charge in [0, 0.05) is 24.2 Å². The number of anilines is 1. The van der Waals surface area contributed by atoms with Crippen molar-refractivity contribution >= 4 is 23.3 Å². The minimum Gasteiger partial charge on any atom is -0.366 e. The molecule has 2 aliphatic heterocycles. The van der Waals surface area contributed by atoms with Gasteiger partial charge in [0.25, 0.3) is 12.3 Å². The molecule has 0 radical (unpaired) electrons. The van der Waals surface area contributed by atoms with E-state index in [2.05, 4.69) is 15.3 Å². The standard InChI is InChI=1S/C21H23ClF3N5O2/c1-11(12-4-3-5-13(17(12)23)18(24)25)26-19-14-8-30(9-15(14)27-21(22)28-19)20(31)16-10-29(2)6-7-32-16/h3-5,11,16,18H,6-10H2,1-2H3,(H,26,27,28)/t11-,16?/m1/s1. The first-order valence-electron chi connectivity index (χ1n) is 10.2. The average molecular weight is 470 g/mol. The van der Waals surface area contributed by atoms with Crippen LogP contribution in [0.4, 0.5) is 19.0 Å². The maximum absolute atomic E-state index is 14.6. The second-order valence-electron chi connectivity index (χ2n) is 8.00. The van der Waals surface area contributed by atoms with E-state index in [0.29, 0.717) is 30.2 Å². The van der Waals surface area contributed by atoms with Crippen LogP contribution in [0.1, 0.15) is 41.8 Å². The van der Waals surface area contributed by atoms with E-state index in [0.717, 1.165) is 12.6 Å². The van der Waals surface area contributed by atoms with E-state index >= 15 is 0 Å². The van der Waals surface area contributed by atoms with Crippen LogP contribution in [0.15, 0.2) is 18.2 Å². The van der Waals surface area contributed by atoms with Gasteiger partial charge in [-0.3, -0.25) is 4.79 Å². The van der Waals surface area contributed by atoms with Crippen LogP contribution in [-0.4, -0.2) is 58.5 Å². The predicted octanol–water partition coefficient (Wildman–Crippen LogP) is 3.55. The number of fused-ring (bicyclic) bond motifs is 1. The zero-order chi connectivity index (χ0) is 23.0. The Morgan fingerprint density at radius 1 is 1.28 bits per heavy atom. The first kappa shape index (κ1) is 22.8. The number of nitrogens with one attached hydrogen (secondary N) is 1. The number of aromatic nitrogens is 2. The molecule has 11 heteroatoms. The van der Waals surface area contributed by atoms with Crippen LogP contribution in [0.3, 0.4) is 0 Å². The number of likely N-dealkylation sites (N-methyl/N-ethyl adjacent to an activating group) is 1. The molecule has 172 valence electrons. The number of ether oxygens (including phenoxy) is 1. The van der Waals surface area contributed by atoms with Crippen molar-refractivity contribution < 1.29 is 22.7 Å². The summed E-state index contributed by atoms with van der Waals surface area (Å²) in [7, 11) is 1.93. The van der Waals surface area contributed by atoms with Gasteiger partial charge >= 0.3 is 0 Å². The van der Waals surface area contributed by atoms with Gasteiger partial charge in [-0.2, -0.15) is 0 Å². The van der Waals surface area contributed by atoms with Crippen LogP contribution in [-0.2, 0) is 22.6 Å². The van der Waals surface area contributed by atoms with Crippen LogP contribution >= 0.6 is 11.6 Å². The van der Waals surface area contributed by atoms with Crippen molar-refractivity contribution in [2.75, 3.05) is 32.1 Å². The predicted molar refractivity (Wildman–Crippen MR) is 112 cm³/mol. The summed E-state index contributed by atoms with van der Waals surface area (Å²) in [5.74, 6) is -0.777. The summed E-state index contributed by atoms with van der Waals surface area (Å²) in [6, 6.07) is 3.21. The maximum Gasteiger partial charge on any atom is 0.266 e. The SMILES string of the molecule is C[C@@H](Nc1nc(Cl)nc2c1CN(C(=O)C1CN(C)CCO1)C2)c1cccc(C(F)F)c1F. The number of rotatable bonds is 5. The summed E-state index contributed by atoms with van der Waals surface area (Å²) in [5.41, 5.74) is 0.662. The summed E-state index contributed by atoms with van der Waals surface area (Å²) >= 11 is 6.08. The second-order valence-corrected chi connectivity index (χ2v) is 8.34. The Balaban J connectivity index is 1.55. The Morgan fingerprint density at radius 3 is 2.75 bits per heavy atom. The van der Waals surface area contributed by atoms with Crippen molar-refractivity contribution in [2.24, 2.45) is 0 Å². The van der Waals surface area contributed by atoms with Gasteiger partial charge in [0.15, 0.2) is 0 Å². The third-order valence-electron chi connectivity index (χ3n) is 5.73. The number of morpholine rings is 1. The van der Waals surface area contributed by atoms with Gasteiger partial charge in [-0.1, -0.05) is 18.2 Å². The van der Waals surface area contributed by atoms with Crippen LogP contribution in [0, 0.1) is 5.82 Å². The van der Waals surface area contributed by atoms with Gasteiger partial charge in [-0.05, 0) is 25.6 Å². The molecule has 2 atom stereocenters. The number of alkyl halides is 2. The van der Waals surface area contributed by atoms with E-state index in [-0.39, 0.29) is 29.8 Å². The van der Waals surface area contributed by atoms with E-state index in [1.807, 2.05) is 11.9 Å². The second kappa shape index (κ2) is 9.21. The molecule has 3 heterocycles. The minimum absolute atomic E-state index is 0.0248. The fourth-order valence-electron chi connectivity index (χ4n) is 3.99. The van der Waals surface area contributed by atoms with E-state index in [9.17, 15) is 18.0 Å². The quantitative estimate of drug-likeness (QED) is 0.675. The molecule has 1 amide bonds. The van der Waals surface area contributed by atoms with Crippen LogP contribution < -0.4 is 5.32 Å². The Morgan fingerprint density at radius 2 is 2.03 bits per heavy atom. The van der Waals surface area contributed by atoms with Crippen molar-refractivity contribution in [2.45, 2.75) is 38.6 Å². The summed E-state index contributed by atoms with van der Waals surface area (Å²) in [6.07, 6.45) is -3.48. The highest BCUT2D eigenvalue weighted by molar-refractivity contribution is 6.28. The summed E-state index contributed by atoms with van der Waals surface area (Å²) in [5, 5.41) is 3.03. The number of halogens is 4. The number of benzene rings is 1. The molecule has 0 bridgehead atoms. The van der Waals surface area contributed by atoms with E-state index in [1.54, 1.807) is 11.8 Å². The highest BCUT2D eigenvalue weighted by Crippen LogP contribution is 2.33. The van der Waals surface area contributed by atoms with Crippen molar-refractivity contribution in [1.29, 1.82) is 0 Å². The molecule has 2 aliphatic rings. The molecule has 32 heavy (non-hydrogen) atoms. The van der Waals surface area contributed by atoms with Gasteiger partial charge in [0.1, 0.15) is 17.7 Å². The Bertz CT molecular complexity index is 1030. The molecule has 1 aromatic carbocycles. The first-order chi connectivity index (χ1) is 15.2. The lowest BCUT2D eigenvalue weighted by atomic mass is 10.0. The Hall–Kier alpha value is -2.43. The molecular weight excluding hydrogens is 447 g/mol. The number of hydrogen-bond acceptors (Lipinski definition) is 6. The number of nitrogens with zero attached hydrogens (tertiary/aromatic N) is 4. The Labute approximate surface area is 188 Å². The summed E-state index contributed by atoms with van der Waals surface area (Å²) in [6.45, 7) is 3.87. The molecule has 4 rings (SSSR count). The highest BCUT2D eigenvalue weighted by atomic mass is 35.5. The fraction of sp³-hybridized carbons (Fsp3) is 0.476. The highest BCUT2D eigenvalue weighted by Gasteiger charge is 2.35. The molecule has 0 spiro atoms. The van der Waals surface area contributed by atoms with Crippen molar-refractivity contribution in [1.82, 2.24) is 19.8 Å². The van der Waals surface area contributed by atoms with E-state index in [4.69, 9.17) is 16.3 Å². The minimum atomic E-state index is -2.92. The molecule has 1 N–H and O–H groups in total. The lowest BCUT2D eigenvalue weighted by Crippen LogP contribution is -2.48. The molecule has 1 saturated heterocycles. The normalized spacial score (nSPS) is 19.8. The van der Waals surface area contributed by atoms with Gasteiger partial charge in [-0.15, -0.1) is 0 Å². The number of carbonyl (C=O) groups excluding carboxylic acids is 1. The lowest BCUT2D eigenvalue weighted by molar-refractivity contribution is -0.149. The molecule has 7 nitrogen and oxygen atoms in total. The third kappa shape index (κ3) is 4.53. The molecule has 1 fully saturated rings. The molecule has 2 aromatic rings. The smallest absolute Gasteiger partial charge is 0.266 e. The zero-order valence-corrected chi connectivity index (χ0v) is 18.4. The molecular formula is C21H23ClF3N5O2. The maximum atomic E-state index is 14.6. The van der Waals surface area contributed by atoms with Crippen LogP contribution in [0.25, 0.3) is 0 Å².